The molecule has 3 N–H and O–H groups in total. The van der Waals surface area contributed by atoms with E-state index in [1.807, 2.05) is 12.1 Å². The number of hydrogen-bond donors (Lipinski definition) is 3. The van der Waals surface area contributed by atoms with Crippen LogP contribution >= 0.6 is 35.7 Å². The van der Waals surface area contributed by atoms with Gasteiger partial charge in [-0.25, -0.2) is 4.39 Å². The molecule has 2 aromatic rings. The third-order valence-electron chi connectivity index (χ3n) is 5.37. The van der Waals surface area contributed by atoms with Crippen LogP contribution in [0.5, 0.6) is 0 Å². The van der Waals surface area contributed by atoms with Crippen molar-refractivity contribution in [2.75, 3.05) is 32.4 Å². The lowest BCUT2D eigenvalue weighted by Gasteiger charge is -2.29. The van der Waals surface area contributed by atoms with Gasteiger partial charge in [0.15, 0.2) is 5.96 Å². The second-order valence-electron chi connectivity index (χ2n) is 7.83. The van der Waals surface area contributed by atoms with Crippen molar-refractivity contribution >= 4 is 41.7 Å². The molecule has 1 aliphatic rings. The molecule has 0 amide bonds. The summed E-state index contributed by atoms with van der Waals surface area (Å²) < 4.78 is 12.9. The minimum atomic E-state index is -0.196. The van der Waals surface area contributed by atoms with E-state index < -0.39 is 0 Å². The molecule has 0 atom stereocenters. The number of rotatable bonds is 9. The van der Waals surface area contributed by atoms with Gasteiger partial charge in [-0.2, -0.15) is 0 Å². The lowest BCUT2D eigenvalue weighted by Crippen LogP contribution is -2.37. The van der Waals surface area contributed by atoms with Crippen LogP contribution < -0.4 is 10.6 Å². The molecule has 0 aromatic heterocycles. The molecule has 2 aromatic carbocycles. The van der Waals surface area contributed by atoms with Crippen LogP contribution in [0.1, 0.15) is 30.4 Å². The Bertz CT molecular complexity index is 812. The summed E-state index contributed by atoms with van der Waals surface area (Å²) in [7, 11) is 1.78. The molecule has 176 valence electrons. The summed E-state index contributed by atoms with van der Waals surface area (Å²) in [6.07, 6.45) is 2.62. The summed E-state index contributed by atoms with van der Waals surface area (Å²) in [5.74, 6) is 1.56. The smallest absolute Gasteiger partial charge is 0.191 e. The molecule has 1 saturated heterocycles. The zero-order valence-corrected chi connectivity index (χ0v) is 21.7. The Labute approximate surface area is 212 Å². The Balaban J connectivity index is 0.00000363. The van der Waals surface area contributed by atoms with Gasteiger partial charge >= 0.3 is 0 Å². The van der Waals surface area contributed by atoms with Gasteiger partial charge in [0.25, 0.3) is 0 Å². The first kappa shape index (κ1) is 26.9. The van der Waals surface area contributed by atoms with Crippen LogP contribution in [0.25, 0.3) is 0 Å². The fourth-order valence-electron chi connectivity index (χ4n) is 3.50. The van der Waals surface area contributed by atoms with Gasteiger partial charge in [-0.3, -0.25) is 9.89 Å². The van der Waals surface area contributed by atoms with Crippen molar-refractivity contribution in [3.05, 3.63) is 65.5 Å². The highest BCUT2D eigenvalue weighted by Crippen LogP contribution is 2.18. The van der Waals surface area contributed by atoms with Crippen LogP contribution in [0.4, 0.5) is 4.39 Å². The Morgan fingerprint density at radius 2 is 1.72 bits per heavy atom. The maximum atomic E-state index is 12.9. The van der Waals surface area contributed by atoms with E-state index in [9.17, 15) is 9.50 Å². The fourth-order valence-corrected chi connectivity index (χ4v) is 4.36. The quantitative estimate of drug-likeness (QED) is 0.138. The average molecular weight is 573 g/mol. The molecule has 1 fully saturated rings. The normalized spacial score (nSPS) is 15.3. The second kappa shape index (κ2) is 14.7. The number of hydrogen-bond acceptors (Lipinski definition) is 4. The van der Waals surface area contributed by atoms with Gasteiger partial charge in [0.1, 0.15) is 5.82 Å². The van der Waals surface area contributed by atoms with E-state index in [1.165, 1.54) is 23.3 Å². The SMILES string of the molecule is CN=C(NCCCSc1ccc(F)cc1)NCc1ccc(CN2CCC(O)CC2)cc1.I. The number of nitrogens with zero attached hydrogens (tertiary/aromatic N) is 2. The van der Waals surface area contributed by atoms with E-state index in [-0.39, 0.29) is 35.9 Å². The van der Waals surface area contributed by atoms with Gasteiger partial charge in [-0.15, -0.1) is 35.7 Å². The standard InChI is InChI=1S/C24H33FN4OS.HI/c1-26-24(27-13-2-16-31-23-9-7-21(25)8-10-23)28-17-19-3-5-20(6-4-19)18-29-14-11-22(30)12-15-29;/h3-10,22,30H,2,11-18H2,1H3,(H2,26,27,28);1H. The molecule has 0 saturated carbocycles. The monoisotopic (exact) mass is 572 g/mol. The largest absolute Gasteiger partial charge is 0.393 e. The summed E-state index contributed by atoms with van der Waals surface area (Å²) in [6.45, 7) is 4.43. The predicted octanol–water partition coefficient (Wildman–Crippen LogP) is 4.25. The van der Waals surface area contributed by atoms with Gasteiger partial charge in [0, 0.05) is 44.7 Å². The van der Waals surface area contributed by atoms with Crippen LogP contribution in [0.15, 0.2) is 58.4 Å². The molecule has 0 unspecified atom stereocenters. The summed E-state index contributed by atoms with van der Waals surface area (Å²) in [4.78, 5) is 7.78. The Kier molecular flexibility index (Phi) is 12.4. The first-order valence-corrected chi connectivity index (χ1v) is 11.9. The Morgan fingerprint density at radius 1 is 1.06 bits per heavy atom. The fraction of sp³-hybridized carbons (Fsp3) is 0.458. The zero-order chi connectivity index (χ0) is 21.9. The maximum Gasteiger partial charge on any atom is 0.191 e. The third-order valence-corrected chi connectivity index (χ3v) is 6.46. The van der Waals surface area contributed by atoms with Crippen molar-refractivity contribution in [3.63, 3.8) is 0 Å². The first-order valence-electron chi connectivity index (χ1n) is 10.9. The Hall–Kier alpha value is -1.36. The summed E-state index contributed by atoms with van der Waals surface area (Å²) in [6, 6.07) is 15.3. The van der Waals surface area contributed by atoms with E-state index in [0.717, 1.165) is 68.6 Å². The van der Waals surface area contributed by atoms with Crippen LogP contribution in [0.3, 0.4) is 0 Å². The van der Waals surface area contributed by atoms with E-state index >= 15 is 0 Å². The number of aliphatic imine (C=N–C) groups is 1. The first-order chi connectivity index (χ1) is 15.1. The van der Waals surface area contributed by atoms with Crippen molar-refractivity contribution < 1.29 is 9.50 Å². The van der Waals surface area contributed by atoms with Gasteiger partial charge in [0.05, 0.1) is 6.10 Å². The van der Waals surface area contributed by atoms with Crippen LogP contribution in [-0.2, 0) is 13.1 Å². The molecule has 1 heterocycles. The molecule has 8 heteroatoms. The van der Waals surface area contributed by atoms with Crippen molar-refractivity contribution in [3.8, 4) is 0 Å². The molecule has 32 heavy (non-hydrogen) atoms. The molecule has 0 spiro atoms. The number of likely N-dealkylation sites (tertiary alicyclic amines) is 1. The minimum absolute atomic E-state index is 0. The molecule has 0 aliphatic carbocycles. The van der Waals surface area contributed by atoms with E-state index in [2.05, 4.69) is 44.8 Å². The minimum Gasteiger partial charge on any atom is -0.393 e. The summed E-state index contributed by atoms with van der Waals surface area (Å²) in [5, 5.41) is 16.3. The van der Waals surface area contributed by atoms with E-state index in [1.54, 1.807) is 18.8 Å². The lowest BCUT2D eigenvalue weighted by atomic mass is 10.1. The topological polar surface area (TPSA) is 59.9 Å². The molecule has 5 nitrogen and oxygen atoms in total. The van der Waals surface area contributed by atoms with E-state index in [4.69, 9.17) is 0 Å². The lowest BCUT2D eigenvalue weighted by molar-refractivity contribution is 0.0792. The number of aliphatic hydroxyl groups is 1. The second-order valence-corrected chi connectivity index (χ2v) is 9.00. The maximum absolute atomic E-state index is 12.9. The molecular formula is C24H34FIN4OS. The predicted molar refractivity (Wildman–Crippen MR) is 142 cm³/mol. The molecule has 0 radical (unpaired) electrons. The molecule has 1 aliphatic heterocycles. The number of benzene rings is 2. The summed E-state index contributed by atoms with van der Waals surface area (Å²) in [5.41, 5.74) is 2.52. The molecular weight excluding hydrogens is 538 g/mol. The number of nitrogens with one attached hydrogen (secondary N) is 2. The molecule has 3 rings (SSSR count). The number of guanidine groups is 1. The average Bonchev–Trinajstić information content (AvgIpc) is 2.79. The van der Waals surface area contributed by atoms with Gasteiger partial charge < -0.3 is 15.7 Å². The zero-order valence-electron chi connectivity index (χ0n) is 18.6. The van der Waals surface area contributed by atoms with Crippen LogP contribution in [-0.4, -0.2) is 54.5 Å². The van der Waals surface area contributed by atoms with Crippen molar-refractivity contribution in [2.24, 2.45) is 4.99 Å². The van der Waals surface area contributed by atoms with Gasteiger partial charge in [-0.1, -0.05) is 24.3 Å². The number of thioether (sulfide) groups is 1. The highest BCUT2D eigenvalue weighted by atomic mass is 127. The van der Waals surface area contributed by atoms with Crippen molar-refractivity contribution in [1.82, 2.24) is 15.5 Å². The number of aliphatic hydroxyl groups excluding tert-OH is 1. The Morgan fingerprint density at radius 3 is 2.38 bits per heavy atom. The van der Waals surface area contributed by atoms with Gasteiger partial charge in [-0.05, 0) is 60.4 Å². The number of piperidine rings is 1. The molecule has 0 bridgehead atoms. The number of halogens is 2. The van der Waals surface area contributed by atoms with Crippen LogP contribution in [0, 0.1) is 5.82 Å². The van der Waals surface area contributed by atoms with Crippen LogP contribution in [0.2, 0.25) is 0 Å². The van der Waals surface area contributed by atoms with Crippen molar-refractivity contribution in [2.45, 2.75) is 43.4 Å². The third kappa shape index (κ3) is 9.64. The highest BCUT2D eigenvalue weighted by molar-refractivity contribution is 14.0. The summed E-state index contributed by atoms with van der Waals surface area (Å²) >= 11 is 1.73. The van der Waals surface area contributed by atoms with E-state index in [0.29, 0.717) is 0 Å². The van der Waals surface area contributed by atoms with Gasteiger partial charge in [0.2, 0.25) is 0 Å². The highest BCUT2D eigenvalue weighted by Gasteiger charge is 2.16. The van der Waals surface area contributed by atoms with Crippen molar-refractivity contribution in [1.29, 1.82) is 0 Å².